The molecule has 1 heterocycles. The van der Waals surface area contributed by atoms with E-state index in [0.717, 1.165) is 48.4 Å². The van der Waals surface area contributed by atoms with Crippen molar-refractivity contribution in [2.45, 2.75) is 38.6 Å². The Morgan fingerprint density at radius 1 is 1.48 bits per heavy atom. The van der Waals surface area contributed by atoms with E-state index >= 15 is 0 Å². The summed E-state index contributed by atoms with van der Waals surface area (Å²) in [6, 6.07) is 0.387. The van der Waals surface area contributed by atoms with E-state index in [-0.39, 0.29) is 5.91 Å². The molecule has 2 rings (SSSR count). The highest BCUT2D eigenvalue weighted by molar-refractivity contribution is 8.03. The van der Waals surface area contributed by atoms with Gasteiger partial charge in [-0.1, -0.05) is 18.7 Å². The molecule has 0 unspecified atom stereocenters. The number of nitrogens with one attached hydrogen (secondary N) is 2. The molecule has 0 aromatic carbocycles. The molecule has 3 nitrogen and oxygen atoms in total. The summed E-state index contributed by atoms with van der Waals surface area (Å²) >= 11 is 1.51. The lowest BCUT2D eigenvalue weighted by atomic mass is 10.0. The molecule has 2 aliphatic rings. The van der Waals surface area contributed by atoms with Gasteiger partial charge < -0.3 is 10.6 Å². The molecule has 0 saturated heterocycles. The van der Waals surface area contributed by atoms with Crippen molar-refractivity contribution in [2.75, 3.05) is 12.8 Å². The molecular formula is C19H26N2OS. The van der Waals surface area contributed by atoms with Crippen molar-refractivity contribution in [1.29, 1.82) is 0 Å². The van der Waals surface area contributed by atoms with Gasteiger partial charge >= 0.3 is 0 Å². The molecule has 1 saturated carbocycles. The Labute approximate surface area is 143 Å². The van der Waals surface area contributed by atoms with Crippen LogP contribution >= 0.6 is 11.8 Å². The number of hydrogen-bond acceptors (Lipinski definition) is 3. The second-order valence-corrected chi connectivity index (χ2v) is 6.63. The Kier molecular flexibility index (Phi) is 6.78. The third-order valence-electron chi connectivity index (χ3n) is 3.84. The van der Waals surface area contributed by atoms with E-state index in [2.05, 4.69) is 29.4 Å². The molecule has 0 radical (unpaired) electrons. The van der Waals surface area contributed by atoms with Gasteiger partial charge in [-0.05, 0) is 68.2 Å². The Hall–Kier alpha value is -1.68. The van der Waals surface area contributed by atoms with E-state index in [1.165, 1.54) is 17.3 Å². The smallest absolute Gasteiger partial charge is 0.257 e. The Balaban J connectivity index is 2.27. The van der Waals surface area contributed by atoms with Crippen molar-refractivity contribution in [3.63, 3.8) is 0 Å². The number of amides is 1. The van der Waals surface area contributed by atoms with Gasteiger partial charge in [0.1, 0.15) is 0 Å². The summed E-state index contributed by atoms with van der Waals surface area (Å²) in [6.07, 6.45) is 16.3. The number of hydrogen-bond donors (Lipinski definition) is 2. The van der Waals surface area contributed by atoms with Gasteiger partial charge in [-0.3, -0.25) is 4.79 Å². The van der Waals surface area contributed by atoms with E-state index in [4.69, 9.17) is 0 Å². The van der Waals surface area contributed by atoms with Crippen LogP contribution in [-0.2, 0) is 4.79 Å². The zero-order valence-corrected chi connectivity index (χ0v) is 14.8. The fraction of sp³-hybridized carbons (Fsp3) is 0.421. The Bertz CT molecular complexity index is 580. The summed E-state index contributed by atoms with van der Waals surface area (Å²) in [7, 11) is 0. The summed E-state index contributed by atoms with van der Waals surface area (Å²) in [5, 5.41) is 6.51. The Morgan fingerprint density at radius 2 is 2.26 bits per heavy atom. The summed E-state index contributed by atoms with van der Waals surface area (Å²) in [4.78, 5) is 13.1. The van der Waals surface area contributed by atoms with Crippen molar-refractivity contribution in [2.24, 2.45) is 0 Å². The molecule has 4 heteroatoms. The van der Waals surface area contributed by atoms with Crippen LogP contribution in [0.3, 0.4) is 0 Å². The first-order chi connectivity index (χ1) is 11.2. The first-order valence-electron chi connectivity index (χ1n) is 8.18. The molecule has 1 fully saturated rings. The average molecular weight is 330 g/mol. The lowest BCUT2D eigenvalue weighted by Crippen LogP contribution is -2.26. The number of allylic oxidation sites excluding steroid dienone is 7. The van der Waals surface area contributed by atoms with Crippen LogP contribution in [0.2, 0.25) is 0 Å². The summed E-state index contributed by atoms with van der Waals surface area (Å²) in [5.41, 5.74) is 3.33. The highest BCUT2D eigenvalue weighted by Crippen LogP contribution is 2.24. The molecule has 0 bridgehead atoms. The van der Waals surface area contributed by atoms with E-state index in [9.17, 15) is 4.79 Å². The molecule has 1 aliphatic carbocycles. The average Bonchev–Trinajstić information content (AvgIpc) is 3.33. The van der Waals surface area contributed by atoms with E-state index < -0.39 is 0 Å². The minimum absolute atomic E-state index is 0.0545. The molecule has 23 heavy (non-hydrogen) atoms. The van der Waals surface area contributed by atoms with Gasteiger partial charge in [0.2, 0.25) is 0 Å². The lowest BCUT2D eigenvalue weighted by molar-refractivity contribution is -0.116. The molecule has 0 aromatic rings. The van der Waals surface area contributed by atoms with Crippen LogP contribution in [-0.4, -0.2) is 24.7 Å². The van der Waals surface area contributed by atoms with Crippen LogP contribution in [0.5, 0.6) is 0 Å². The van der Waals surface area contributed by atoms with Gasteiger partial charge in [0.05, 0.1) is 4.91 Å². The predicted octanol–water partition coefficient (Wildman–Crippen LogP) is 3.84. The van der Waals surface area contributed by atoms with E-state index in [0.29, 0.717) is 6.04 Å². The van der Waals surface area contributed by atoms with Gasteiger partial charge in [-0.25, -0.2) is 0 Å². The van der Waals surface area contributed by atoms with Crippen molar-refractivity contribution in [3.05, 3.63) is 58.7 Å². The van der Waals surface area contributed by atoms with Gasteiger partial charge in [-0.2, -0.15) is 0 Å². The van der Waals surface area contributed by atoms with Gasteiger partial charge in [0.25, 0.3) is 5.91 Å². The van der Waals surface area contributed by atoms with Gasteiger partial charge in [0, 0.05) is 18.3 Å². The molecule has 0 spiro atoms. The maximum absolute atomic E-state index is 12.3. The lowest BCUT2D eigenvalue weighted by Gasteiger charge is -2.15. The Morgan fingerprint density at radius 3 is 2.87 bits per heavy atom. The van der Waals surface area contributed by atoms with Gasteiger partial charge in [0.15, 0.2) is 0 Å². The minimum atomic E-state index is 0.0545. The molecular weight excluding hydrogens is 304 g/mol. The maximum Gasteiger partial charge on any atom is 0.257 e. The van der Waals surface area contributed by atoms with Crippen LogP contribution in [0.25, 0.3) is 0 Å². The normalized spacial score (nSPS) is 25.1. The van der Waals surface area contributed by atoms with Crippen molar-refractivity contribution in [1.82, 2.24) is 10.6 Å². The van der Waals surface area contributed by atoms with E-state index in [1.54, 1.807) is 0 Å². The summed E-state index contributed by atoms with van der Waals surface area (Å²) < 4.78 is 0. The van der Waals surface area contributed by atoms with Crippen LogP contribution in [0, 0.1) is 0 Å². The first-order valence-corrected chi connectivity index (χ1v) is 9.40. The number of carbonyl (C=O) groups excluding carboxylic acids is 1. The molecule has 1 aliphatic heterocycles. The number of thioether (sulfide) groups is 1. The van der Waals surface area contributed by atoms with Crippen molar-refractivity contribution >= 4 is 17.7 Å². The number of carbonyl (C=O) groups is 1. The second-order valence-electron chi connectivity index (χ2n) is 5.78. The zero-order chi connectivity index (χ0) is 16.7. The molecule has 124 valence electrons. The third-order valence-corrected chi connectivity index (χ3v) is 4.58. The SMILES string of the molecule is C=CC1=C(\C=C/C)NCCCC(/C=C(\SC)C(=O)NC2CC2)=C\1. The van der Waals surface area contributed by atoms with Crippen LogP contribution < -0.4 is 10.6 Å². The topological polar surface area (TPSA) is 41.1 Å². The van der Waals surface area contributed by atoms with Crippen LogP contribution in [0.1, 0.15) is 32.6 Å². The standard InChI is InChI=1S/C19H26N2OS/c1-4-7-17-15(5-2)12-14(8-6-11-20-17)13-18(23-3)19(22)21-16-9-10-16/h4-5,7,12-13,16,20H,2,6,8-11H2,1,3H3,(H,21,22)/b7-4-,14-12+,17-15-,18-13-. The van der Waals surface area contributed by atoms with Crippen LogP contribution in [0.15, 0.2) is 58.7 Å². The quantitative estimate of drug-likeness (QED) is 0.727. The first kappa shape index (κ1) is 17.7. The van der Waals surface area contributed by atoms with Gasteiger partial charge in [-0.15, -0.1) is 11.8 Å². The van der Waals surface area contributed by atoms with Crippen molar-refractivity contribution < 1.29 is 4.79 Å². The summed E-state index contributed by atoms with van der Waals surface area (Å²) in [5.74, 6) is 0.0545. The molecule has 0 aromatic heterocycles. The summed E-state index contributed by atoms with van der Waals surface area (Å²) in [6.45, 7) is 6.85. The van der Waals surface area contributed by atoms with Crippen LogP contribution in [0.4, 0.5) is 0 Å². The van der Waals surface area contributed by atoms with Crippen molar-refractivity contribution in [3.8, 4) is 0 Å². The fourth-order valence-corrected chi connectivity index (χ4v) is 2.96. The maximum atomic E-state index is 12.3. The number of rotatable bonds is 6. The minimum Gasteiger partial charge on any atom is -0.385 e. The molecule has 2 N–H and O–H groups in total. The highest BCUT2D eigenvalue weighted by Gasteiger charge is 2.24. The molecule has 1 amide bonds. The monoisotopic (exact) mass is 330 g/mol. The predicted molar refractivity (Wildman–Crippen MR) is 100 cm³/mol. The highest BCUT2D eigenvalue weighted by atomic mass is 32.2. The molecule has 0 atom stereocenters. The fourth-order valence-electron chi connectivity index (χ4n) is 2.44. The second kappa shape index (κ2) is 8.82. The zero-order valence-electron chi connectivity index (χ0n) is 14.0. The largest absolute Gasteiger partial charge is 0.385 e. The van der Waals surface area contributed by atoms with E-state index in [1.807, 2.05) is 31.4 Å². The third kappa shape index (κ3) is 5.47.